The van der Waals surface area contributed by atoms with Crippen LogP contribution < -0.4 is 5.32 Å². The molecule has 1 fully saturated rings. The molecule has 2 unspecified atom stereocenters. The zero-order chi connectivity index (χ0) is 14.1. The van der Waals surface area contributed by atoms with Crippen molar-refractivity contribution < 1.29 is 8.91 Å². The largest absolute Gasteiger partial charge is 0.339 e. The van der Waals surface area contributed by atoms with Gasteiger partial charge in [-0.25, -0.2) is 4.39 Å². The van der Waals surface area contributed by atoms with Gasteiger partial charge in [-0.05, 0) is 50.6 Å². The van der Waals surface area contributed by atoms with E-state index in [4.69, 9.17) is 4.52 Å². The predicted octanol–water partition coefficient (Wildman–Crippen LogP) is 3.04. The van der Waals surface area contributed by atoms with Crippen LogP contribution in [0.15, 0.2) is 22.7 Å². The van der Waals surface area contributed by atoms with Crippen LogP contribution in [0.2, 0.25) is 0 Å². The number of aryl methyl sites for hydroxylation is 1. The van der Waals surface area contributed by atoms with Crippen molar-refractivity contribution in [3.63, 3.8) is 0 Å². The van der Waals surface area contributed by atoms with Crippen LogP contribution in [0.25, 0.3) is 11.4 Å². The number of nitrogens with one attached hydrogen (secondary N) is 1. The minimum atomic E-state index is -0.277. The zero-order valence-electron chi connectivity index (χ0n) is 11.7. The Balaban J connectivity index is 1.90. The number of hydrogen-bond acceptors (Lipinski definition) is 4. The van der Waals surface area contributed by atoms with E-state index in [0.29, 0.717) is 23.3 Å². The van der Waals surface area contributed by atoms with Crippen LogP contribution in [0.1, 0.15) is 36.6 Å². The first-order chi connectivity index (χ1) is 9.67. The summed E-state index contributed by atoms with van der Waals surface area (Å²) in [5, 5.41) is 7.29. The molecule has 1 aromatic carbocycles. The lowest BCUT2D eigenvalue weighted by atomic mass is 10.0. The van der Waals surface area contributed by atoms with Crippen molar-refractivity contribution in [3.05, 3.63) is 35.5 Å². The Bertz CT molecular complexity index is 591. The monoisotopic (exact) mass is 275 g/mol. The highest BCUT2D eigenvalue weighted by molar-refractivity contribution is 5.55. The summed E-state index contributed by atoms with van der Waals surface area (Å²) in [7, 11) is 1.95. The molecule has 1 N–H and O–H groups in total. The lowest BCUT2D eigenvalue weighted by molar-refractivity contribution is 0.335. The van der Waals surface area contributed by atoms with Gasteiger partial charge in [-0.15, -0.1) is 0 Å². The molecule has 1 aliphatic rings. The molecule has 0 spiro atoms. The van der Waals surface area contributed by atoms with Gasteiger partial charge in [-0.1, -0.05) is 11.6 Å². The van der Waals surface area contributed by atoms with Crippen molar-refractivity contribution in [1.29, 1.82) is 0 Å². The Morgan fingerprint density at radius 3 is 2.90 bits per heavy atom. The highest BCUT2D eigenvalue weighted by Gasteiger charge is 2.31. The summed E-state index contributed by atoms with van der Waals surface area (Å²) in [6.07, 6.45) is 3.33. The Hall–Kier alpha value is -1.75. The maximum absolute atomic E-state index is 13.4. The van der Waals surface area contributed by atoms with E-state index in [1.54, 1.807) is 0 Å². The van der Waals surface area contributed by atoms with E-state index in [-0.39, 0.29) is 11.7 Å². The quantitative estimate of drug-likeness (QED) is 0.935. The van der Waals surface area contributed by atoms with Crippen molar-refractivity contribution in [2.24, 2.45) is 0 Å². The number of aromatic nitrogens is 2. The molecule has 0 amide bonds. The van der Waals surface area contributed by atoms with Gasteiger partial charge in [0, 0.05) is 11.6 Å². The van der Waals surface area contributed by atoms with Gasteiger partial charge in [0.25, 0.3) is 0 Å². The maximum atomic E-state index is 13.4. The van der Waals surface area contributed by atoms with Gasteiger partial charge >= 0.3 is 0 Å². The minimum absolute atomic E-state index is 0.260. The number of halogens is 1. The first-order valence-corrected chi connectivity index (χ1v) is 6.96. The smallest absolute Gasteiger partial charge is 0.231 e. The van der Waals surface area contributed by atoms with Crippen LogP contribution in [-0.4, -0.2) is 23.2 Å². The highest BCUT2D eigenvalue weighted by Crippen LogP contribution is 2.34. The Labute approximate surface area is 117 Å². The molecule has 1 aliphatic carbocycles. The molecular weight excluding hydrogens is 257 g/mol. The first kappa shape index (κ1) is 13.2. The van der Waals surface area contributed by atoms with Crippen LogP contribution in [-0.2, 0) is 0 Å². The third kappa shape index (κ3) is 2.45. The van der Waals surface area contributed by atoms with E-state index in [9.17, 15) is 4.39 Å². The highest BCUT2D eigenvalue weighted by atomic mass is 19.1. The summed E-state index contributed by atoms with van der Waals surface area (Å²) < 4.78 is 18.8. The topological polar surface area (TPSA) is 51.0 Å². The van der Waals surface area contributed by atoms with E-state index in [1.807, 2.05) is 20.0 Å². The summed E-state index contributed by atoms with van der Waals surface area (Å²) in [6, 6.07) is 5.17. The molecule has 0 saturated heterocycles. The van der Waals surface area contributed by atoms with Gasteiger partial charge in [0.05, 0.1) is 5.92 Å². The summed E-state index contributed by atoms with van der Waals surface area (Å²) in [5.74, 6) is 1.10. The number of benzene rings is 1. The molecule has 106 valence electrons. The third-order valence-electron chi connectivity index (χ3n) is 3.95. The van der Waals surface area contributed by atoms with Crippen molar-refractivity contribution in [3.8, 4) is 11.4 Å². The molecule has 1 aromatic heterocycles. The maximum Gasteiger partial charge on any atom is 0.231 e. The fraction of sp³-hybridized carbons (Fsp3) is 0.467. The summed E-state index contributed by atoms with van der Waals surface area (Å²) >= 11 is 0. The van der Waals surface area contributed by atoms with Crippen LogP contribution in [0, 0.1) is 12.7 Å². The van der Waals surface area contributed by atoms with E-state index >= 15 is 0 Å². The van der Waals surface area contributed by atoms with Gasteiger partial charge < -0.3 is 9.84 Å². The molecule has 1 heterocycles. The molecule has 1 saturated carbocycles. The van der Waals surface area contributed by atoms with Crippen LogP contribution in [0.4, 0.5) is 4.39 Å². The Morgan fingerprint density at radius 1 is 1.30 bits per heavy atom. The van der Waals surface area contributed by atoms with Gasteiger partial charge in [0.15, 0.2) is 0 Å². The molecule has 5 heteroatoms. The van der Waals surface area contributed by atoms with Crippen molar-refractivity contribution >= 4 is 0 Å². The number of nitrogens with zero attached hydrogens (tertiary/aromatic N) is 2. The second-order valence-corrected chi connectivity index (χ2v) is 5.41. The molecule has 2 aromatic rings. The van der Waals surface area contributed by atoms with Crippen molar-refractivity contribution in [2.45, 2.75) is 38.1 Å². The van der Waals surface area contributed by atoms with E-state index in [1.165, 1.54) is 12.1 Å². The lowest BCUT2D eigenvalue weighted by Crippen LogP contribution is -2.27. The molecule has 20 heavy (non-hydrogen) atoms. The lowest BCUT2D eigenvalue weighted by Gasteiger charge is -2.14. The molecule has 0 radical (unpaired) electrons. The summed E-state index contributed by atoms with van der Waals surface area (Å²) in [4.78, 5) is 4.46. The molecule has 4 nitrogen and oxygen atoms in total. The third-order valence-corrected chi connectivity index (χ3v) is 3.95. The van der Waals surface area contributed by atoms with Crippen LogP contribution in [0.3, 0.4) is 0 Å². The fourth-order valence-corrected chi connectivity index (χ4v) is 2.97. The standard InChI is InChI=1S/C15H18FN3O/c1-9-6-10(8-11(16)7-9)14-18-15(20-19-14)12-4-3-5-13(12)17-2/h6-8,12-13,17H,3-5H2,1-2H3. The van der Waals surface area contributed by atoms with E-state index in [0.717, 1.165) is 24.8 Å². The van der Waals surface area contributed by atoms with Crippen molar-refractivity contribution in [1.82, 2.24) is 15.5 Å². The van der Waals surface area contributed by atoms with Gasteiger partial charge in [-0.3, -0.25) is 0 Å². The SMILES string of the molecule is CNC1CCCC1c1nc(-c2cc(C)cc(F)c2)no1. The van der Waals surface area contributed by atoms with Gasteiger partial charge in [-0.2, -0.15) is 4.98 Å². The fourth-order valence-electron chi connectivity index (χ4n) is 2.97. The summed E-state index contributed by atoms with van der Waals surface area (Å²) in [5.41, 5.74) is 1.51. The predicted molar refractivity (Wildman–Crippen MR) is 73.9 cm³/mol. The normalized spacial score (nSPS) is 22.4. The van der Waals surface area contributed by atoms with Gasteiger partial charge in [0.2, 0.25) is 11.7 Å². The summed E-state index contributed by atoms with van der Waals surface area (Å²) in [6.45, 7) is 1.85. The molecular formula is C15H18FN3O. The molecule has 0 bridgehead atoms. The zero-order valence-corrected chi connectivity index (χ0v) is 11.7. The number of likely N-dealkylation sites (N-methyl/N-ethyl adjacent to an activating group) is 1. The second-order valence-electron chi connectivity index (χ2n) is 5.41. The number of rotatable bonds is 3. The molecule has 3 rings (SSSR count). The van der Waals surface area contributed by atoms with Gasteiger partial charge in [0.1, 0.15) is 5.82 Å². The van der Waals surface area contributed by atoms with E-state index < -0.39 is 0 Å². The van der Waals surface area contributed by atoms with Crippen LogP contribution >= 0.6 is 0 Å². The Morgan fingerprint density at radius 2 is 2.15 bits per heavy atom. The number of hydrogen-bond donors (Lipinski definition) is 1. The van der Waals surface area contributed by atoms with E-state index in [2.05, 4.69) is 15.5 Å². The molecule has 2 atom stereocenters. The van der Waals surface area contributed by atoms with Crippen molar-refractivity contribution in [2.75, 3.05) is 7.05 Å². The Kier molecular flexibility index (Phi) is 3.53. The second kappa shape index (κ2) is 5.32. The minimum Gasteiger partial charge on any atom is -0.339 e. The average Bonchev–Trinajstić information content (AvgIpc) is 3.06. The van der Waals surface area contributed by atoms with Crippen LogP contribution in [0.5, 0.6) is 0 Å². The molecule has 0 aliphatic heterocycles. The first-order valence-electron chi connectivity index (χ1n) is 6.96. The average molecular weight is 275 g/mol.